The Morgan fingerprint density at radius 2 is 1.65 bits per heavy atom. The minimum Gasteiger partial charge on any atom is -0.486 e. The zero-order valence-electron chi connectivity index (χ0n) is 13.9. The minimum absolute atomic E-state index is 0.00799. The van der Waals surface area contributed by atoms with Gasteiger partial charge in [-0.05, 0) is 48.5 Å². The van der Waals surface area contributed by atoms with Crippen molar-refractivity contribution in [3.8, 4) is 5.75 Å². The first-order valence-corrected chi connectivity index (χ1v) is 9.45. The largest absolute Gasteiger partial charge is 0.486 e. The van der Waals surface area contributed by atoms with Gasteiger partial charge in [0.15, 0.2) is 16.8 Å². The second-order valence-electron chi connectivity index (χ2n) is 5.42. The van der Waals surface area contributed by atoms with Gasteiger partial charge < -0.3 is 9.30 Å². The first-order chi connectivity index (χ1) is 12.5. The highest BCUT2D eigenvalue weighted by Crippen LogP contribution is 2.20. The lowest BCUT2D eigenvalue weighted by Gasteiger charge is -2.06. The van der Waals surface area contributed by atoms with Gasteiger partial charge >= 0.3 is 0 Å². The zero-order valence-corrected chi connectivity index (χ0v) is 16.2. The maximum absolute atomic E-state index is 12.2. The predicted octanol–water partition coefficient (Wildman–Crippen LogP) is 4.68. The molecule has 0 saturated carbocycles. The Balaban J connectivity index is 1.57. The summed E-state index contributed by atoms with van der Waals surface area (Å²) in [5, 5.41) is 10.2. The topological polar surface area (TPSA) is 57.0 Å². The summed E-state index contributed by atoms with van der Waals surface area (Å²) in [6.07, 6.45) is 0. The van der Waals surface area contributed by atoms with Crippen molar-refractivity contribution in [2.75, 3.05) is 5.75 Å². The Morgan fingerprint density at radius 3 is 2.31 bits per heavy atom. The molecule has 0 spiro atoms. The van der Waals surface area contributed by atoms with E-state index < -0.39 is 0 Å². The predicted molar refractivity (Wildman–Crippen MR) is 103 cm³/mol. The van der Waals surface area contributed by atoms with E-state index in [1.54, 1.807) is 48.5 Å². The standard InChI is InChI=1S/C18H15Cl2N3O2S/c1-23-17(10-25-15-8-6-14(20)7-9-15)21-22-18(23)26-11-16(24)12-2-4-13(19)5-3-12/h2-9H,10-11H2,1H3. The van der Waals surface area contributed by atoms with Crippen molar-refractivity contribution in [1.82, 2.24) is 14.8 Å². The van der Waals surface area contributed by atoms with E-state index in [1.807, 2.05) is 11.6 Å². The number of nitrogens with zero attached hydrogens (tertiary/aromatic N) is 3. The fourth-order valence-electron chi connectivity index (χ4n) is 2.12. The molecule has 0 aliphatic carbocycles. The number of carbonyl (C=O) groups excluding carboxylic acids is 1. The van der Waals surface area contributed by atoms with Crippen LogP contribution in [0.3, 0.4) is 0 Å². The fraction of sp³-hybridized carbons (Fsp3) is 0.167. The molecular weight excluding hydrogens is 393 g/mol. The van der Waals surface area contributed by atoms with E-state index in [-0.39, 0.29) is 18.1 Å². The van der Waals surface area contributed by atoms with Crippen LogP contribution in [0.1, 0.15) is 16.2 Å². The molecule has 3 aromatic rings. The van der Waals surface area contributed by atoms with E-state index in [1.165, 1.54) is 11.8 Å². The van der Waals surface area contributed by atoms with Gasteiger partial charge in [0, 0.05) is 22.7 Å². The molecule has 0 saturated heterocycles. The number of hydrogen-bond acceptors (Lipinski definition) is 5. The minimum atomic E-state index is 0.00799. The summed E-state index contributed by atoms with van der Waals surface area (Å²) < 4.78 is 7.49. The number of hydrogen-bond donors (Lipinski definition) is 0. The molecule has 1 aromatic heterocycles. The van der Waals surface area contributed by atoms with Crippen LogP contribution in [-0.4, -0.2) is 26.3 Å². The first-order valence-electron chi connectivity index (χ1n) is 7.71. The third kappa shape index (κ3) is 4.78. The zero-order chi connectivity index (χ0) is 18.5. The van der Waals surface area contributed by atoms with Gasteiger partial charge in [0.05, 0.1) is 5.75 Å². The molecule has 3 rings (SSSR count). The molecule has 134 valence electrons. The summed E-state index contributed by atoms with van der Waals surface area (Å²) in [4.78, 5) is 12.2. The van der Waals surface area contributed by atoms with Crippen LogP contribution < -0.4 is 4.74 Å². The molecule has 1 heterocycles. The number of aromatic nitrogens is 3. The summed E-state index contributed by atoms with van der Waals surface area (Å²) in [6, 6.07) is 13.9. The number of thioether (sulfide) groups is 1. The highest BCUT2D eigenvalue weighted by atomic mass is 35.5. The average molecular weight is 408 g/mol. The average Bonchev–Trinajstić information content (AvgIpc) is 3.00. The van der Waals surface area contributed by atoms with E-state index in [0.29, 0.717) is 32.3 Å². The molecular formula is C18H15Cl2N3O2S. The number of benzene rings is 2. The third-order valence-corrected chi connectivity index (χ3v) is 5.13. The highest BCUT2D eigenvalue weighted by Gasteiger charge is 2.13. The summed E-state index contributed by atoms with van der Waals surface area (Å²) in [5.74, 6) is 1.64. The van der Waals surface area contributed by atoms with Crippen molar-refractivity contribution in [2.45, 2.75) is 11.8 Å². The van der Waals surface area contributed by atoms with Crippen molar-refractivity contribution < 1.29 is 9.53 Å². The van der Waals surface area contributed by atoms with Crippen LogP contribution in [0.5, 0.6) is 5.75 Å². The molecule has 0 radical (unpaired) electrons. The molecule has 0 fully saturated rings. The molecule has 0 atom stereocenters. The van der Waals surface area contributed by atoms with Crippen molar-refractivity contribution in [1.29, 1.82) is 0 Å². The van der Waals surface area contributed by atoms with Gasteiger partial charge in [-0.2, -0.15) is 0 Å². The monoisotopic (exact) mass is 407 g/mol. The molecule has 2 aromatic carbocycles. The van der Waals surface area contributed by atoms with Crippen LogP contribution in [0, 0.1) is 0 Å². The summed E-state index contributed by atoms with van der Waals surface area (Å²) in [7, 11) is 1.84. The molecule has 0 bridgehead atoms. The van der Waals surface area contributed by atoms with Gasteiger partial charge in [0.2, 0.25) is 0 Å². The number of carbonyl (C=O) groups is 1. The van der Waals surface area contributed by atoms with Crippen LogP contribution in [0.15, 0.2) is 53.7 Å². The molecule has 8 heteroatoms. The molecule has 0 N–H and O–H groups in total. The number of ketones is 1. The lowest BCUT2D eigenvalue weighted by molar-refractivity contribution is 0.102. The number of Topliss-reactive ketones (excluding diaryl/α,β-unsaturated/α-hetero) is 1. The Bertz CT molecular complexity index is 896. The van der Waals surface area contributed by atoms with E-state index in [2.05, 4.69) is 10.2 Å². The van der Waals surface area contributed by atoms with E-state index >= 15 is 0 Å². The normalized spacial score (nSPS) is 10.7. The second kappa shape index (κ2) is 8.58. The summed E-state index contributed by atoms with van der Waals surface area (Å²) >= 11 is 13.0. The first kappa shape index (κ1) is 18.8. The van der Waals surface area contributed by atoms with Crippen molar-refractivity contribution in [3.05, 3.63) is 70.0 Å². The number of rotatable bonds is 7. The quantitative estimate of drug-likeness (QED) is 0.420. The van der Waals surface area contributed by atoms with Crippen molar-refractivity contribution >= 4 is 40.7 Å². The van der Waals surface area contributed by atoms with Gasteiger partial charge in [-0.15, -0.1) is 10.2 Å². The third-order valence-electron chi connectivity index (χ3n) is 3.61. The lowest BCUT2D eigenvalue weighted by Crippen LogP contribution is -2.06. The lowest BCUT2D eigenvalue weighted by atomic mass is 10.1. The highest BCUT2D eigenvalue weighted by molar-refractivity contribution is 7.99. The Labute approximate surface area is 165 Å². The Hall–Kier alpha value is -2.02. The molecule has 0 unspecified atom stereocenters. The maximum Gasteiger partial charge on any atom is 0.191 e. The molecule has 0 aliphatic rings. The van der Waals surface area contributed by atoms with Gasteiger partial charge in [0.1, 0.15) is 12.4 Å². The molecule has 0 amide bonds. The van der Waals surface area contributed by atoms with E-state index in [9.17, 15) is 4.79 Å². The second-order valence-corrected chi connectivity index (χ2v) is 7.23. The summed E-state index contributed by atoms with van der Waals surface area (Å²) in [5.41, 5.74) is 0.621. The molecule has 26 heavy (non-hydrogen) atoms. The van der Waals surface area contributed by atoms with Gasteiger partial charge in [-0.1, -0.05) is 35.0 Å². The van der Waals surface area contributed by atoms with Crippen LogP contribution in [0.25, 0.3) is 0 Å². The Kier molecular flexibility index (Phi) is 6.19. The van der Waals surface area contributed by atoms with Crippen LogP contribution in [0.2, 0.25) is 10.0 Å². The molecule has 0 aliphatic heterocycles. The Morgan fingerprint density at radius 1 is 1.04 bits per heavy atom. The van der Waals surface area contributed by atoms with E-state index in [4.69, 9.17) is 27.9 Å². The van der Waals surface area contributed by atoms with Gasteiger partial charge in [0.25, 0.3) is 0 Å². The number of halogens is 2. The fourth-order valence-corrected chi connectivity index (χ4v) is 3.20. The van der Waals surface area contributed by atoms with E-state index in [0.717, 1.165) is 0 Å². The van der Waals surface area contributed by atoms with Crippen molar-refractivity contribution in [2.24, 2.45) is 7.05 Å². The van der Waals surface area contributed by atoms with Gasteiger partial charge in [-0.25, -0.2) is 0 Å². The smallest absolute Gasteiger partial charge is 0.191 e. The van der Waals surface area contributed by atoms with Crippen molar-refractivity contribution in [3.63, 3.8) is 0 Å². The van der Waals surface area contributed by atoms with Crippen LogP contribution in [0.4, 0.5) is 0 Å². The SMILES string of the molecule is Cn1c(COc2ccc(Cl)cc2)nnc1SCC(=O)c1ccc(Cl)cc1. The van der Waals surface area contributed by atoms with Crippen LogP contribution >= 0.6 is 35.0 Å². The maximum atomic E-state index is 12.2. The van der Waals surface area contributed by atoms with Crippen LogP contribution in [-0.2, 0) is 13.7 Å². The molecule has 5 nitrogen and oxygen atoms in total. The van der Waals surface area contributed by atoms with Gasteiger partial charge in [-0.3, -0.25) is 4.79 Å². The summed E-state index contributed by atoms with van der Waals surface area (Å²) in [6.45, 7) is 0.275. The number of ether oxygens (including phenoxy) is 1.